The summed E-state index contributed by atoms with van der Waals surface area (Å²) < 4.78 is 31.3. The zero-order chi connectivity index (χ0) is 22.9. The van der Waals surface area contributed by atoms with Gasteiger partial charge >= 0.3 is 5.97 Å². The lowest BCUT2D eigenvalue weighted by molar-refractivity contribution is 0.0549. The standard InChI is InChI=1S/C22H25F2N3O4/c1-12-18(22(30)31-4)13(2)25-19(12)20(28)14(3)26-7-9-27(10-8-26)21(29)15-5-6-16(23)17(24)11-15/h5-6,11,14,25H,7-10H2,1-4H3. The van der Waals surface area contributed by atoms with E-state index in [2.05, 4.69) is 4.98 Å². The van der Waals surface area contributed by atoms with Crippen LogP contribution in [0.4, 0.5) is 8.78 Å². The Bertz CT molecular complexity index is 1030. The summed E-state index contributed by atoms with van der Waals surface area (Å²) in [5, 5.41) is 0. The highest BCUT2D eigenvalue weighted by molar-refractivity contribution is 6.03. The van der Waals surface area contributed by atoms with Gasteiger partial charge in [-0.3, -0.25) is 14.5 Å². The summed E-state index contributed by atoms with van der Waals surface area (Å²) in [6, 6.07) is 2.62. The number of rotatable bonds is 5. The number of ketones is 1. The minimum absolute atomic E-state index is 0.0873. The van der Waals surface area contributed by atoms with E-state index in [1.54, 1.807) is 25.7 Å². The Labute approximate surface area is 179 Å². The number of benzene rings is 1. The molecule has 1 aromatic carbocycles. The highest BCUT2D eigenvalue weighted by Gasteiger charge is 2.31. The fraction of sp³-hybridized carbons (Fsp3) is 0.409. The molecule has 2 heterocycles. The number of halogens is 2. The van der Waals surface area contributed by atoms with Gasteiger partial charge in [-0.05, 0) is 44.5 Å². The van der Waals surface area contributed by atoms with Crippen molar-refractivity contribution in [3.05, 3.63) is 57.9 Å². The zero-order valence-corrected chi connectivity index (χ0v) is 17.9. The van der Waals surface area contributed by atoms with Crippen molar-refractivity contribution in [2.45, 2.75) is 26.8 Å². The van der Waals surface area contributed by atoms with E-state index >= 15 is 0 Å². The van der Waals surface area contributed by atoms with Crippen LogP contribution < -0.4 is 0 Å². The minimum Gasteiger partial charge on any atom is -0.465 e. The third kappa shape index (κ3) is 4.36. The maximum Gasteiger partial charge on any atom is 0.339 e. The molecule has 1 amide bonds. The topological polar surface area (TPSA) is 82.7 Å². The molecule has 1 aromatic heterocycles. The Hall–Kier alpha value is -3.07. The molecule has 3 rings (SSSR count). The van der Waals surface area contributed by atoms with Crippen LogP contribution in [0.15, 0.2) is 18.2 Å². The first kappa shape index (κ1) is 22.6. The van der Waals surface area contributed by atoms with E-state index in [1.807, 2.05) is 4.90 Å². The van der Waals surface area contributed by atoms with Crippen LogP contribution >= 0.6 is 0 Å². The number of nitrogens with zero attached hydrogens (tertiary/aromatic N) is 2. The lowest BCUT2D eigenvalue weighted by atomic mass is 10.0. The van der Waals surface area contributed by atoms with Crippen molar-refractivity contribution in [3.63, 3.8) is 0 Å². The van der Waals surface area contributed by atoms with E-state index in [0.29, 0.717) is 48.7 Å². The molecule has 1 aliphatic heterocycles. The predicted molar refractivity (Wildman–Crippen MR) is 109 cm³/mol. The maximum atomic E-state index is 13.4. The number of ether oxygens (including phenoxy) is 1. The number of hydrogen-bond donors (Lipinski definition) is 1. The van der Waals surface area contributed by atoms with Gasteiger partial charge in [-0.25, -0.2) is 13.6 Å². The van der Waals surface area contributed by atoms with Crippen LogP contribution in [0.25, 0.3) is 0 Å². The van der Waals surface area contributed by atoms with Crippen molar-refractivity contribution in [1.82, 2.24) is 14.8 Å². The molecule has 31 heavy (non-hydrogen) atoms. The molecule has 1 aliphatic rings. The average Bonchev–Trinajstić information content (AvgIpc) is 3.07. The first-order valence-corrected chi connectivity index (χ1v) is 9.95. The summed E-state index contributed by atoms with van der Waals surface area (Å²) in [6.07, 6.45) is 0. The Morgan fingerprint density at radius 3 is 2.29 bits per heavy atom. The predicted octanol–water partition coefficient (Wildman–Crippen LogP) is 2.73. The molecule has 166 valence electrons. The van der Waals surface area contributed by atoms with Crippen molar-refractivity contribution in [1.29, 1.82) is 0 Å². The fourth-order valence-corrected chi connectivity index (χ4v) is 3.90. The molecule has 7 nitrogen and oxygen atoms in total. The third-order valence-electron chi connectivity index (χ3n) is 5.77. The zero-order valence-electron chi connectivity index (χ0n) is 17.9. The number of Topliss-reactive ketones (excluding diaryl/α,β-unsaturated/α-hetero) is 1. The Kier molecular flexibility index (Phi) is 6.54. The van der Waals surface area contributed by atoms with Gasteiger partial charge in [-0.15, -0.1) is 0 Å². The Balaban J connectivity index is 1.67. The summed E-state index contributed by atoms with van der Waals surface area (Å²) >= 11 is 0. The molecule has 0 saturated carbocycles. The van der Waals surface area contributed by atoms with Crippen molar-refractivity contribution >= 4 is 17.7 Å². The number of aromatic amines is 1. The number of piperazine rings is 1. The molecule has 1 N–H and O–H groups in total. The second kappa shape index (κ2) is 8.97. The minimum atomic E-state index is -1.06. The van der Waals surface area contributed by atoms with Gasteiger partial charge in [0.2, 0.25) is 0 Å². The lowest BCUT2D eigenvalue weighted by Crippen LogP contribution is -2.53. The molecular weight excluding hydrogens is 408 g/mol. The van der Waals surface area contributed by atoms with Crippen LogP contribution in [0.3, 0.4) is 0 Å². The smallest absolute Gasteiger partial charge is 0.339 e. The average molecular weight is 433 g/mol. The maximum absolute atomic E-state index is 13.4. The van der Waals surface area contributed by atoms with E-state index < -0.39 is 23.6 Å². The quantitative estimate of drug-likeness (QED) is 0.579. The van der Waals surface area contributed by atoms with Crippen LogP contribution in [-0.2, 0) is 4.74 Å². The molecule has 1 saturated heterocycles. The monoisotopic (exact) mass is 433 g/mol. The van der Waals surface area contributed by atoms with Crippen molar-refractivity contribution in [2.75, 3.05) is 33.3 Å². The molecule has 1 fully saturated rings. The number of H-pyrrole nitrogens is 1. The van der Waals surface area contributed by atoms with Gasteiger partial charge in [0.05, 0.1) is 24.4 Å². The summed E-state index contributed by atoms with van der Waals surface area (Å²) in [6.45, 7) is 6.80. The lowest BCUT2D eigenvalue weighted by Gasteiger charge is -2.37. The highest BCUT2D eigenvalue weighted by atomic mass is 19.2. The SMILES string of the molecule is COC(=O)c1c(C)[nH]c(C(=O)C(C)N2CCN(C(=O)c3ccc(F)c(F)c3)CC2)c1C. The summed E-state index contributed by atoms with van der Waals surface area (Å²) in [4.78, 5) is 44.1. The second-order valence-corrected chi connectivity index (χ2v) is 7.61. The fourth-order valence-electron chi connectivity index (χ4n) is 3.90. The van der Waals surface area contributed by atoms with Crippen LogP contribution in [0.1, 0.15) is 49.4 Å². The van der Waals surface area contributed by atoms with Gasteiger partial charge < -0.3 is 14.6 Å². The number of hydrogen-bond acceptors (Lipinski definition) is 5. The van der Waals surface area contributed by atoms with Crippen molar-refractivity contribution in [2.24, 2.45) is 0 Å². The Morgan fingerprint density at radius 1 is 1.06 bits per heavy atom. The molecule has 1 unspecified atom stereocenters. The number of amides is 1. The van der Waals surface area contributed by atoms with Gasteiger partial charge in [0.1, 0.15) is 0 Å². The van der Waals surface area contributed by atoms with Crippen LogP contribution in [-0.4, -0.2) is 71.8 Å². The number of aryl methyl sites for hydroxylation is 1. The molecule has 0 bridgehead atoms. The van der Waals surface area contributed by atoms with E-state index in [1.165, 1.54) is 13.2 Å². The molecular formula is C22H25F2N3O4. The molecule has 0 spiro atoms. The van der Waals surface area contributed by atoms with E-state index in [4.69, 9.17) is 4.74 Å². The number of nitrogens with one attached hydrogen (secondary N) is 1. The summed E-state index contributed by atoms with van der Waals surface area (Å²) in [5.41, 5.74) is 1.94. The number of carbonyl (C=O) groups is 3. The number of methoxy groups -OCH3 is 1. The van der Waals surface area contributed by atoms with Gasteiger partial charge in [0, 0.05) is 37.4 Å². The number of esters is 1. The van der Waals surface area contributed by atoms with Gasteiger partial charge in [0.15, 0.2) is 17.4 Å². The van der Waals surface area contributed by atoms with Crippen LogP contribution in [0.2, 0.25) is 0 Å². The van der Waals surface area contributed by atoms with E-state index in [-0.39, 0.29) is 17.3 Å². The number of aromatic nitrogens is 1. The normalized spacial score (nSPS) is 15.6. The van der Waals surface area contributed by atoms with E-state index in [0.717, 1.165) is 12.1 Å². The molecule has 0 radical (unpaired) electrons. The van der Waals surface area contributed by atoms with Gasteiger partial charge in [0.25, 0.3) is 5.91 Å². The second-order valence-electron chi connectivity index (χ2n) is 7.61. The summed E-state index contributed by atoms with van der Waals surface area (Å²) in [7, 11) is 1.29. The summed E-state index contributed by atoms with van der Waals surface area (Å²) in [5.74, 6) is -3.10. The Morgan fingerprint density at radius 2 is 1.71 bits per heavy atom. The molecule has 2 aromatic rings. The third-order valence-corrected chi connectivity index (χ3v) is 5.77. The number of carbonyl (C=O) groups excluding carboxylic acids is 3. The van der Waals surface area contributed by atoms with Crippen LogP contribution in [0, 0.1) is 25.5 Å². The largest absolute Gasteiger partial charge is 0.465 e. The molecule has 9 heteroatoms. The van der Waals surface area contributed by atoms with Gasteiger partial charge in [-0.1, -0.05) is 0 Å². The first-order chi connectivity index (χ1) is 14.6. The molecule has 1 atom stereocenters. The van der Waals surface area contributed by atoms with Crippen molar-refractivity contribution < 1.29 is 27.9 Å². The van der Waals surface area contributed by atoms with Crippen molar-refractivity contribution in [3.8, 4) is 0 Å². The van der Waals surface area contributed by atoms with Gasteiger partial charge in [-0.2, -0.15) is 0 Å². The van der Waals surface area contributed by atoms with E-state index in [9.17, 15) is 23.2 Å². The highest BCUT2D eigenvalue weighted by Crippen LogP contribution is 2.22. The van der Waals surface area contributed by atoms with Crippen LogP contribution in [0.5, 0.6) is 0 Å². The first-order valence-electron chi connectivity index (χ1n) is 9.95. The molecule has 0 aliphatic carbocycles.